The Morgan fingerprint density at radius 3 is 2.43 bits per heavy atom. The molecule has 124 valence electrons. The summed E-state index contributed by atoms with van der Waals surface area (Å²) in [5, 5.41) is 2.74. The van der Waals surface area contributed by atoms with Gasteiger partial charge in [-0.1, -0.05) is 6.92 Å². The average Bonchev–Trinajstić information content (AvgIpc) is 2.59. The van der Waals surface area contributed by atoms with E-state index in [0.717, 1.165) is 6.42 Å². The van der Waals surface area contributed by atoms with E-state index >= 15 is 0 Å². The fourth-order valence-corrected chi connectivity index (χ4v) is 2.42. The first-order valence-corrected chi connectivity index (χ1v) is 7.82. The summed E-state index contributed by atoms with van der Waals surface area (Å²) in [5.41, 5.74) is 0.685. The molecule has 0 atom stereocenters. The van der Waals surface area contributed by atoms with Gasteiger partial charge in [-0.25, -0.2) is 0 Å². The van der Waals surface area contributed by atoms with Crippen molar-refractivity contribution in [1.29, 1.82) is 0 Å². The lowest BCUT2D eigenvalue weighted by Gasteiger charge is -2.34. The Hall–Kier alpha value is -2.44. The van der Waals surface area contributed by atoms with Gasteiger partial charge in [0.15, 0.2) is 0 Å². The van der Waals surface area contributed by atoms with Crippen molar-refractivity contribution in [2.75, 3.05) is 32.7 Å². The lowest BCUT2D eigenvalue weighted by molar-refractivity contribution is -0.130. The SMILES string of the molecule is CCCNC(=O)c1cc(C(=O)N2CCN(C(C)=O)CC2)ccn1. The molecule has 3 amide bonds. The van der Waals surface area contributed by atoms with Crippen molar-refractivity contribution < 1.29 is 14.4 Å². The lowest BCUT2D eigenvalue weighted by atomic mass is 10.1. The van der Waals surface area contributed by atoms with Crippen LogP contribution in [0.5, 0.6) is 0 Å². The largest absolute Gasteiger partial charge is 0.351 e. The van der Waals surface area contributed by atoms with Crippen molar-refractivity contribution >= 4 is 17.7 Å². The van der Waals surface area contributed by atoms with Crippen LogP contribution in [0.15, 0.2) is 18.3 Å². The van der Waals surface area contributed by atoms with Gasteiger partial charge < -0.3 is 15.1 Å². The molecule has 23 heavy (non-hydrogen) atoms. The third-order valence-electron chi connectivity index (χ3n) is 3.79. The quantitative estimate of drug-likeness (QED) is 0.878. The normalized spacial score (nSPS) is 14.5. The van der Waals surface area contributed by atoms with E-state index in [4.69, 9.17) is 0 Å². The highest BCUT2D eigenvalue weighted by Crippen LogP contribution is 2.10. The van der Waals surface area contributed by atoms with E-state index in [1.54, 1.807) is 15.9 Å². The fourth-order valence-electron chi connectivity index (χ4n) is 2.42. The highest BCUT2D eigenvalue weighted by molar-refractivity contribution is 5.98. The zero-order chi connectivity index (χ0) is 16.8. The number of nitrogens with zero attached hydrogens (tertiary/aromatic N) is 3. The Labute approximate surface area is 135 Å². The molecule has 2 heterocycles. The van der Waals surface area contributed by atoms with Gasteiger partial charge in [-0.05, 0) is 18.6 Å². The summed E-state index contributed by atoms with van der Waals surface area (Å²) in [4.78, 5) is 43.2. The Morgan fingerprint density at radius 1 is 1.17 bits per heavy atom. The minimum atomic E-state index is -0.275. The highest BCUT2D eigenvalue weighted by Gasteiger charge is 2.23. The molecule has 7 heteroatoms. The van der Waals surface area contributed by atoms with Gasteiger partial charge in [0.1, 0.15) is 5.69 Å². The Morgan fingerprint density at radius 2 is 1.83 bits per heavy atom. The third-order valence-corrected chi connectivity index (χ3v) is 3.79. The maximum Gasteiger partial charge on any atom is 0.269 e. The van der Waals surface area contributed by atoms with Crippen molar-refractivity contribution in [3.8, 4) is 0 Å². The summed E-state index contributed by atoms with van der Waals surface area (Å²) in [6.07, 6.45) is 2.31. The molecular weight excluding hydrogens is 296 g/mol. The number of hydrogen-bond donors (Lipinski definition) is 1. The summed E-state index contributed by atoms with van der Waals surface area (Å²) in [7, 11) is 0. The van der Waals surface area contributed by atoms with Gasteiger partial charge in [0.05, 0.1) is 0 Å². The Kier molecular flexibility index (Phi) is 5.67. The molecule has 1 aromatic heterocycles. The van der Waals surface area contributed by atoms with E-state index in [-0.39, 0.29) is 23.4 Å². The Bertz CT molecular complexity index is 595. The number of carbonyl (C=O) groups is 3. The molecule has 1 aromatic rings. The third kappa shape index (κ3) is 4.28. The van der Waals surface area contributed by atoms with Crippen LogP contribution in [0.1, 0.15) is 41.1 Å². The van der Waals surface area contributed by atoms with Crippen molar-refractivity contribution in [2.24, 2.45) is 0 Å². The molecule has 0 saturated carbocycles. The van der Waals surface area contributed by atoms with Crippen LogP contribution in [0.3, 0.4) is 0 Å². The van der Waals surface area contributed by atoms with Crippen LogP contribution in [0.25, 0.3) is 0 Å². The molecule has 1 aliphatic rings. The predicted molar refractivity (Wildman–Crippen MR) is 85.0 cm³/mol. The second-order valence-electron chi connectivity index (χ2n) is 5.48. The highest BCUT2D eigenvalue weighted by atomic mass is 16.2. The molecule has 0 spiro atoms. The standard InChI is InChI=1S/C16H22N4O3/c1-3-5-18-15(22)14-11-13(4-6-17-14)16(23)20-9-7-19(8-10-20)12(2)21/h4,6,11H,3,5,7-10H2,1-2H3,(H,18,22). The molecular formula is C16H22N4O3. The zero-order valence-electron chi connectivity index (χ0n) is 13.5. The molecule has 0 unspecified atom stereocenters. The van der Waals surface area contributed by atoms with Crippen LogP contribution in [0, 0.1) is 0 Å². The minimum Gasteiger partial charge on any atom is -0.351 e. The minimum absolute atomic E-state index is 0.0240. The van der Waals surface area contributed by atoms with Gasteiger partial charge in [-0.2, -0.15) is 0 Å². The summed E-state index contributed by atoms with van der Waals surface area (Å²) in [6, 6.07) is 3.13. The summed E-state index contributed by atoms with van der Waals surface area (Å²) in [5.74, 6) is -0.390. The van der Waals surface area contributed by atoms with E-state index in [9.17, 15) is 14.4 Å². The first kappa shape index (κ1) is 16.9. The molecule has 0 radical (unpaired) electrons. The number of amides is 3. The molecule has 0 aromatic carbocycles. The lowest BCUT2D eigenvalue weighted by Crippen LogP contribution is -2.50. The first-order valence-electron chi connectivity index (χ1n) is 7.82. The molecule has 0 aliphatic carbocycles. The number of rotatable bonds is 4. The number of pyridine rings is 1. The first-order chi connectivity index (χ1) is 11.0. The topological polar surface area (TPSA) is 82.6 Å². The van der Waals surface area contributed by atoms with Crippen molar-refractivity contribution in [3.63, 3.8) is 0 Å². The van der Waals surface area contributed by atoms with Crippen LogP contribution in [0.2, 0.25) is 0 Å². The predicted octanol–water partition coefficient (Wildman–Crippen LogP) is 0.526. The van der Waals surface area contributed by atoms with E-state index in [2.05, 4.69) is 10.3 Å². The monoisotopic (exact) mass is 318 g/mol. The van der Waals surface area contributed by atoms with E-state index < -0.39 is 0 Å². The smallest absolute Gasteiger partial charge is 0.269 e. The zero-order valence-corrected chi connectivity index (χ0v) is 13.5. The van der Waals surface area contributed by atoms with Gasteiger partial charge in [0.25, 0.3) is 11.8 Å². The molecule has 1 aliphatic heterocycles. The molecule has 0 bridgehead atoms. The van der Waals surface area contributed by atoms with Gasteiger partial charge in [-0.15, -0.1) is 0 Å². The van der Waals surface area contributed by atoms with Crippen LogP contribution >= 0.6 is 0 Å². The van der Waals surface area contributed by atoms with E-state index in [1.165, 1.54) is 19.2 Å². The molecule has 1 fully saturated rings. The van der Waals surface area contributed by atoms with Gasteiger partial charge in [0, 0.05) is 51.4 Å². The molecule has 1 N–H and O–H groups in total. The summed E-state index contributed by atoms with van der Waals surface area (Å²) >= 11 is 0. The van der Waals surface area contributed by atoms with Crippen LogP contribution < -0.4 is 5.32 Å². The number of nitrogens with one attached hydrogen (secondary N) is 1. The fraction of sp³-hybridized carbons (Fsp3) is 0.500. The molecule has 7 nitrogen and oxygen atoms in total. The molecule has 2 rings (SSSR count). The van der Waals surface area contributed by atoms with Crippen molar-refractivity contribution in [2.45, 2.75) is 20.3 Å². The molecule has 1 saturated heterocycles. The van der Waals surface area contributed by atoms with Crippen LogP contribution in [0.4, 0.5) is 0 Å². The maximum absolute atomic E-state index is 12.5. The summed E-state index contributed by atoms with van der Waals surface area (Å²) < 4.78 is 0. The second kappa shape index (κ2) is 7.71. The Balaban J connectivity index is 2.03. The number of hydrogen-bond acceptors (Lipinski definition) is 4. The van der Waals surface area contributed by atoms with Crippen LogP contribution in [-0.2, 0) is 4.79 Å². The second-order valence-corrected chi connectivity index (χ2v) is 5.48. The van der Waals surface area contributed by atoms with Crippen molar-refractivity contribution in [3.05, 3.63) is 29.6 Å². The van der Waals surface area contributed by atoms with Gasteiger partial charge >= 0.3 is 0 Å². The summed E-state index contributed by atoms with van der Waals surface area (Å²) in [6.45, 7) is 6.14. The average molecular weight is 318 g/mol. The van der Waals surface area contributed by atoms with Crippen molar-refractivity contribution in [1.82, 2.24) is 20.1 Å². The van der Waals surface area contributed by atoms with Gasteiger partial charge in [-0.3, -0.25) is 19.4 Å². The van der Waals surface area contributed by atoms with E-state index in [1.807, 2.05) is 6.92 Å². The number of aromatic nitrogens is 1. The number of carbonyl (C=O) groups excluding carboxylic acids is 3. The maximum atomic E-state index is 12.5. The number of piperazine rings is 1. The van der Waals surface area contributed by atoms with Crippen LogP contribution in [-0.4, -0.2) is 65.2 Å². The van der Waals surface area contributed by atoms with E-state index in [0.29, 0.717) is 38.3 Å². The van der Waals surface area contributed by atoms with Gasteiger partial charge in [0.2, 0.25) is 5.91 Å².